The van der Waals surface area contributed by atoms with Gasteiger partial charge in [-0.2, -0.15) is 0 Å². The Morgan fingerprint density at radius 2 is 1.60 bits per heavy atom. The van der Waals surface area contributed by atoms with Crippen LogP contribution < -0.4 is 20.3 Å². The summed E-state index contributed by atoms with van der Waals surface area (Å²) in [5.74, 6) is -2.30. The molecule has 6 rings (SSSR count). The third-order valence-electron chi connectivity index (χ3n) is 9.67. The second-order valence-electron chi connectivity index (χ2n) is 12.2. The minimum Gasteiger partial charge on any atom is -0.494 e. The molecule has 0 aliphatic carbocycles. The number of hydrogen-bond donors (Lipinski definition) is 3. The molecule has 3 amide bonds. The normalized spacial score (nSPS) is 26.5. The molecule has 248 valence electrons. The van der Waals surface area contributed by atoms with Crippen molar-refractivity contribution in [3.63, 3.8) is 0 Å². The van der Waals surface area contributed by atoms with Gasteiger partial charge in [0.25, 0.3) is 0 Å². The lowest BCUT2D eigenvalue weighted by atomic mass is 9.70. The number of amides is 3. The third kappa shape index (κ3) is 5.89. The van der Waals surface area contributed by atoms with Gasteiger partial charge in [-0.3, -0.25) is 14.4 Å². The number of rotatable bonds is 12. The zero-order chi connectivity index (χ0) is 33.3. The summed E-state index contributed by atoms with van der Waals surface area (Å²) >= 11 is 3.73. The van der Waals surface area contributed by atoms with Crippen molar-refractivity contribution in [3.8, 4) is 5.75 Å². The molecule has 7 atom stereocenters. The van der Waals surface area contributed by atoms with Crippen LogP contribution in [-0.2, 0) is 19.1 Å². The van der Waals surface area contributed by atoms with Crippen LogP contribution in [0.2, 0.25) is 0 Å². The molecule has 1 spiro atoms. The van der Waals surface area contributed by atoms with Crippen LogP contribution >= 0.6 is 15.9 Å². The molecule has 3 aliphatic heterocycles. The second-order valence-corrected chi connectivity index (χ2v) is 13.3. The number of likely N-dealkylation sites (tertiary alicyclic amines) is 1. The standard InChI is InChI=1S/C36H41BrN4O6/c1-4-40(5-2)25-16-12-23(13-17-25)39-34(44)32-36-20-27(37)31(47-36)29(33(43)38-24-14-18-26(19-15-24)46-6-3)30(36)35(45)41(32)28(21-42)22-10-8-7-9-11-22/h7-19,27-32,42H,4-6,20-21H2,1-3H3,(H,38,43)(H,39,44)/t27?,28-,29+,30+,31+,32?,36?/m1/s1. The van der Waals surface area contributed by atoms with E-state index in [1.54, 1.807) is 24.3 Å². The summed E-state index contributed by atoms with van der Waals surface area (Å²) in [6.07, 6.45) is -0.273. The van der Waals surface area contributed by atoms with E-state index in [0.29, 0.717) is 35.7 Å². The van der Waals surface area contributed by atoms with Gasteiger partial charge in [0.2, 0.25) is 17.7 Å². The van der Waals surface area contributed by atoms with Crippen LogP contribution in [0, 0.1) is 11.8 Å². The van der Waals surface area contributed by atoms with Crippen molar-refractivity contribution in [3.05, 3.63) is 84.4 Å². The van der Waals surface area contributed by atoms with Crippen molar-refractivity contribution < 1.29 is 29.0 Å². The molecule has 3 saturated heterocycles. The Morgan fingerprint density at radius 1 is 0.979 bits per heavy atom. The zero-order valence-electron chi connectivity index (χ0n) is 26.8. The Balaban J connectivity index is 1.35. The number of carbonyl (C=O) groups is 3. The predicted octanol–water partition coefficient (Wildman–Crippen LogP) is 4.99. The van der Waals surface area contributed by atoms with Crippen molar-refractivity contribution in [2.75, 3.05) is 41.8 Å². The van der Waals surface area contributed by atoms with Gasteiger partial charge in [0.05, 0.1) is 37.2 Å². The number of anilines is 3. The molecule has 3 aliphatic rings. The molecular weight excluding hydrogens is 664 g/mol. The Labute approximate surface area is 283 Å². The van der Waals surface area contributed by atoms with Gasteiger partial charge >= 0.3 is 0 Å². The lowest BCUT2D eigenvalue weighted by molar-refractivity contribution is -0.143. The summed E-state index contributed by atoms with van der Waals surface area (Å²) in [7, 11) is 0. The number of hydrogen-bond acceptors (Lipinski definition) is 7. The fraction of sp³-hybridized carbons (Fsp3) is 0.417. The summed E-state index contributed by atoms with van der Waals surface area (Å²) in [4.78, 5) is 46.5. The monoisotopic (exact) mass is 704 g/mol. The first-order valence-electron chi connectivity index (χ1n) is 16.3. The largest absolute Gasteiger partial charge is 0.494 e. The molecule has 3 unspecified atom stereocenters. The third-order valence-corrected chi connectivity index (χ3v) is 10.5. The van der Waals surface area contributed by atoms with Crippen molar-refractivity contribution in [1.29, 1.82) is 0 Å². The number of benzene rings is 3. The van der Waals surface area contributed by atoms with Gasteiger partial charge < -0.3 is 35.0 Å². The van der Waals surface area contributed by atoms with Crippen molar-refractivity contribution >= 4 is 50.7 Å². The Hall–Kier alpha value is -3.93. The molecule has 3 heterocycles. The fourth-order valence-electron chi connectivity index (χ4n) is 7.61. The molecule has 0 radical (unpaired) electrons. The minimum atomic E-state index is -1.29. The summed E-state index contributed by atoms with van der Waals surface area (Å²) < 4.78 is 12.2. The Kier molecular flexibility index (Phi) is 9.59. The molecule has 0 saturated carbocycles. The highest BCUT2D eigenvalue weighted by Crippen LogP contribution is 2.61. The van der Waals surface area contributed by atoms with Gasteiger partial charge in [-0.1, -0.05) is 46.3 Å². The van der Waals surface area contributed by atoms with Crippen LogP contribution in [0.5, 0.6) is 5.75 Å². The summed E-state index contributed by atoms with van der Waals surface area (Å²) in [6, 6.07) is 21.9. The molecule has 2 bridgehead atoms. The van der Waals surface area contributed by atoms with E-state index < -0.39 is 54.0 Å². The maximum atomic E-state index is 14.6. The van der Waals surface area contributed by atoms with Crippen LogP contribution in [-0.4, -0.2) is 76.6 Å². The van der Waals surface area contributed by atoms with Gasteiger partial charge in [0.15, 0.2) is 0 Å². The minimum absolute atomic E-state index is 0.268. The number of fused-ring (bicyclic) bond motifs is 1. The van der Waals surface area contributed by atoms with Crippen LogP contribution in [0.1, 0.15) is 38.8 Å². The lowest BCUT2D eigenvalue weighted by Crippen LogP contribution is -2.55. The number of nitrogens with one attached hydrogen (secondary N) is 2. The van der Waals surface area contributed by atoms with E-state index in [-0.39, 0.29) is 10.7 Å². The smallest absolute Gasteiger partial charge is 0.250 e. The number of ether oxygens (including phenoxy) is 2. The van der Waals surface area contributed by atoms with Gasteiger partial charge in [-0.05, 0) is 81.3 Å². The highest BCUT2D eigenvalue weighted by molar-refractivity contribution is 9.09. The number of aliphatic hydroxyl groups excluding tert-OH is 1. The van der Waals surface area contributed by atoms with E-state index in [0.717, 1.165) is 18.8 Å². The number of nitrogens with zero attached hydrogens (tertiary/aromatic N) is 2. The van der Waals surface area contributed by atoms with E-state index in [4.69, 9.17) is 9.47 Å². The predicted molar refractivity (Wildman–Crippen MR) is 184 cm³/mol. The van der Waals surface area contributed by atoms with E-state index in [1.165, 1.54) is 4.90 Å². The van der Waals surface area contributed by atoms with Crippen LogP contribution in [0.3, 0.4) is 0 Å². The van der Waals surface area contributed by atoms with Crippen LogP contribution in [0.4, 0.5) is 17.1 Å². The maximum Gasteiger partial charge on any atom is 0.250 e. The summed E-state index contributed by atoms with van der Waals surface area (Å²) in [5.41, 5.74) is 1.57. The number of aliphatic hydroxyl groups is 1. The highest BCUT2D eigenvalue weighted by Gasteiger charge is 2.77. The SMILES string of the molecule is CCOc1ccc(NC(=O)[C@H]2[C@H]3C(=O)N([C@H](CO)c4ccccc4)C(C(=O)Nc4ccc(N(CC)CC)cc4)C34CC(Br)[C@@H]2O4)cc1. The zero-order valence-corrected chi connectivity index (χ0v) is 28.4. The van der Waals surface area contributed by atoms with Crippen molar-refractivity contribution in [1.82, 2.24) is 4.90 Å². The number of halogens is 1. The number of carbonyl (C=O) groups excluding carboxylic acids is 3. The van der Waals surface area contributed by atoms with E-state index in [2.05, 4.69) is 45.3 Å². The maximum absolute atomic E-state index is 14.6. The summed E-state index contributed by atoms with van der Waals surface area (Å²) in [6.45, 7) is 7.89. The molecular formula is C36H41BrN4O6. The first kappa shape index (κ1) is 33.0. The lowest BCUT2D eigenvalue weighted by Gasteiger charge is -2.37. The molecule has 0 aromatic heterocycles. The molecule has 11 heteroatoms. The Bertz CT molecular complexity index is 1590. The average molecular weight is 706 g/mol. The van der Waals surface area contributed by atoms with Crippen molar-refractivity contribution in [2.24, 2.45) is 11.8 Å². The fourth-order valence-corrected chi connectivity index (χ4v) is 8.56. The molecule has 3 N–H and O–H groups in total. The van der Waals surface area contributed by atoms with Gasteiger partial charge in [0, 0.05) is 35.0 Å². The first-order valence-corrected chi connectivity index (χ1v) is 17.2. The van der Waals surface area contributed by atoms with Crippen LogP contribution in [0.15, 0.2) is 78.9 Å². The quantitative estimate of drug-likeness (QED) is 0.227. The van der Waals surface area contributed by atoms with Gasteiger partial charge in [-0.25, -0.2) is 0 Å². The molecule has 3 aromatic carbocycles. The average Bonchev–Trinajstić information content (AvgIpc) is 3.68. The van der Waals surface area contributed by atoms with E-state index >= 15 is 0 Å². The van der Waals surface area contributed by atoms with Gasteiger partial charge in [0.1, 0.15) is 17.4 Å². The van der Waals surface area contributed by atoms with Crippen LogP contribution in [0.25, 0.3) is 0 Å². The Morgan fingerprint density at radius 3 is 2.19 bits per heavy atom. The summed E-state index contributed by atoms with van der Waals surface area (Å²) in [5, 5.41) is 16.7. The van der Waals surface area contributed by atoms with E-state index in [1.807, 2.05) is 61.5 Å². The molecule has 47 heavy (non-hydrogen) atoms. The molecule has 3 fully saturated rings. The molecule has 3 aromatic rings. The molecule has 10 nitrogen and oxygen atoms in total. The van der Waals surface area contributed by atoms with Gasteiger partial charge in [-0.15, -0.1) is 0 Å². The van der Waals surface area contributed by atoms with Crippen molar-refractivity contribution in [2.45, 2.75) is 55.8 Å². The topological polar surface area (TPSA) is 120 Å². The first-order chi connectivity index (χ1) is 22.8. The highest BCUT2D eigenvalue weighted by atomic mass is 79.9. The second kappa shape index (κ2) is 13.7. The van der Waals surface area contributed by atoms with E-state index in [9.17, 15) is 19.5 Å². The number of alkyl halides is 1.